The van der Waals surface area contributed by atoms with Crippen LogP contribution in [0.2, 0.25) is 0 Å². The van der Waals surface area contributed by atoms with Gasteiger partial charge in [-0.1, -0.05) is 20.8 Å². The molecule has 2 heterocycles. The minimum absolute atomic E-state index is 0.0168. The van der Waals surface area contributed by atoms with Crippen LogP contribution in [0.5, 0.6) is 0 Å². The van der Waals surface area contributed by atoms with Gasteiger partial charge in [0, 0.05) is 16.5 Å². The van der Waals surface area contributed by atoms with Gasteiger partial charge in [0.05, 0.1) is 11.2 Å². The van der Waals surface area contributed by atoms with Crippen molar-refractivity contribution in [1.82, 2.24) is 14.8 Å². The molecule has 0 saturated carbocycles. The first-order valence-corrected chi connectivity index (χ1v) is 7.32. The molecule has 2 aromatic heterocycles. The zero-order chi connectivity index (χ0) is 15.5. The maximum absolute atomic E-state index is 4.93. The van der Waals surface area contributed by atoms with E-state index in [-0.39, 0.29) is 11.0 Å². The zero-order valence-electron chi connectivity index (χ0n) is 14.3. The molecule has 3 nitrogen and oxygen atoms in total. The van der Waals surface area contributed by atoms with Gasteiger partial charge in [0.2, 0.25) is 0 Å². The van der Waals surface area contributed by atoms with E-state index in [2.05, 4.69) is 67.0 Å². The molecule has 0 aliphatic rings. The highest BCUT2D eigenvalue weighted by molar-refractivity contribution is 5.84. The summed E-state index contributed by atoms with van der Waals surface area (Å²) in [4.78, 5) is 4.84. The number of nitrogens with zero attached hydrogens (tertiary/aromatic N) is 3. The van der Waals surface area contributed by atoms with Gasteiger partial charge in [0.1, 0.15) is 0 Å². The van der Waals surface area contributed by atoms with Gasteiger partial charge < -0.3 is 0 Å². The van der Waals surface area contributed by atoms with E-state index in [9.17, 15) is 0 Å². The Labute approximate surface area is 122 Å². The van der Waals surface area contributed by atoms with E-state index >= 15 is 0 Å². The average molecular weight is 273 g/mol. The highest BCUT2D eigenvalue weighted by Crippen LogP contribution is 2.34. The smallest absolute Gasteiger partial charge is 0.159 e. The van der Waals surface area contributed by atoms with Crippen molar-refractivity contribution in [3.63, 3.8) is 0 Å². The van der Waals surface area contributed by atoms with Crippen LogP contribution in [0, 0.1) is 20.8 Å². The van der Waals surface area contributed by atoms with E-state index in [1.165, 1.54) is 16.5 Å². The topological polar surface area (TPSA) is 30.7 Å². The van der Waals surface area contributed by atoms with Crippen LogP contribution in [-0.4, -0.2) is 14.8 Å². The Bertz CT molecular complexity index is 664. The van der Waals surface area contributed by atoms with Crippen LogP contribution in [0.1, 0.15) is 64.1 Å². The normalized spacial score (nSPS) is 13.2. The van der Waals surface area contributed by atoms with Crippen LogP contribution in [-0.2, 0) is 11.0 Å². The third-order valence-corrected chi connectivity index (χ3v) is 3.96. The molecule has 20 heavy (non-hydrogen) atoms. The molecule has 0 saturated heterocycles. The fraction of sp³-hybridized carbons (Fsp3) is 0.647. The Balaban J connectivity index is 3.00. The summed E-state index contributed by atoms with van der Waals surface area (Å²) in [5, 5.41) is 6.16. The largest absolute Gasteiger partial charge is 0.242 e. The summed E-state index contributed by atoms with van der Waals surface area (Å²) in [6.07, 6.45) is 0. The number of aryl methyl sites for hydroxylation is 2. The molecule has 0 unspecified atom stereocenters. The molecule has 0 fully saturated rings. The second-order valence-corrected chi connectivity index (χ2v) is 7.83. The summed E-state index contributed by atoms with van der Waals surface area (Å²) in [6.45, 7) is 19.6. The van der Waals surface area contributed by atoms with Crippen LogP contribution >= 0.6 is 0 Å². The van der Waals surface area contributed by atoms with Gasteiger partial charge in [0.15, 0.2) is 5.65 Å². The summed E-state index contributed by atoms with van der Waals surface area (Å²) in [5.41, 5.74) is 5.80. The number of pyridine rings is 1. The number of hydrogen-bond acceptors (Lipinski definition) is 2. The first-order chi connectivity index (χ1) is 8.94. The van der Waals surface area contributed by atoms with Crippen LogP contribution in [0.3, 0.4) is 0 Å². The van der Waals surface area contributed by atoms with Crippen molar-refractivity contribution < 1.29 is 0 Å². The lowest BCUT2D eigenvalue weighted by molar-refractivity contribution is 0.357. The maximum Gasteiger partial charge on any atom is 0.159 e. The predicted molar refractivity (Wildman–Crippen MR) is 85.4 cm³/mol. The Morgan fingerprint density at radius 1 is 0.850 bits per heavy atom. The van der Waals surface area contributed by atoms with Gasteiger partial charge in [-0.15, -0.1) is 0 Å². The Hall–Kier alpha value is -1.38. The third kappa shape index (κ3) is 2.23. The summed E-state index contributed by atoms with van der Waals surface area (Å²) >= 11 is 0. The van der Waals surface area contributed by atoms with E-state index in [1.54, 1.807) is 0 Å². The van der Waals surface area contributed by atoms with Crippen LogP contribution in [0.4, 0.5) is 0 Å². The molecule has 0 aliphatic carbocycles. The minimum Gasteiger partial charge on any atom is -0.242 e. The molecule has 0 aromatic carbocycles. The number of aromatic nitrogens is 3. The first kappa shape index (κ1) is 15.0. The standard InChI is InChI=1S/C17H27N3/c1-10-11(2)13-14(16(4,5)6)19-20(17(7,8)9)15(13)18-12(10)3/h1-9H3. The molecule has 2 rings (SSSR count). The Kier molecular flexibility index (Phi) is 3.23. The lowest BCUT2D eigenvalue weighted by Gasteiger charge is -2.20. The van der Waals surface area contributed by atoms with Crippen molar-refractivity contribution >= 4 is 11.0 Å². The molecule has 0 aliphatic heterocycles. The molecule has 110 valence electrons. The molecule has 0 radical (unpaired) electrons. The molecular weight excluding hydrogens is 246 g/mol. The molecule has 0 amide bonds. The second-order valence-electron chi connectivity index (χ2n) is 7.83. The van der Waals surface area contributed by atoms with Crippen molar-refractivity contribution in [1.29, 1.82) is 0 Å². The fourth-order valence-corrected chi connectivity index (χ4v) is 2.55. The van der Waals surface area contributed by atoms with Crippen molar-refractivity contribution in [3.8, 4) is 0 Å². The second kappa shape index (κ2) is 4.31. The highest BCUT2D eigenvalue weighted by atomic mass is 15.3. The molecule has 0 N–H and O–H groups in total. The lowest BCUT2D eigenvalue weighted by atomic mass is 9.88. The van der Waals surface area contributed by atoms with Crippen LogP contribution < -0.4 is 0 Å². The average Bonchev–Trinajstić information content (AvgIpc) is 2.64. The quantitative estimate of drug-likeness (QED) is 0.712. The Morgan fingerprint density at radius 2 is 1.40 bits per heavy atom. The zero-order valence-corrected chi connectivity index (χ0v) is 14.3. The van der Waals surface area contributed by atoms with Crippen LogP contribution in [0.25, 0.3) is 11.0 Å². The number of rotatable bonds is 0. The van der Waals surface area contributed by atoms with Gasteiger partial charge in [0.25, 0.3) is 0 Å². The van der Waals surface area contributed by atoms with Crippen LogP contribution in [0.15, 0.2) is 0 Å². The van der Waals surface area contributed by atoms with Gasteiger partial charge in [-0.05, 0) is 52.7 Å². The molecule has 0 atom stereocenters. The van der Waals surface area contributed by atoms with Gasteiger partial charge >= 0.3 is 0 Å². The molecule has 0 bridgehead atoms. The first-order valence-electron chi connectivity index (χ1n) is 7.32. The van der Waals surface area contributed by atoms with E-state index in [0.29, 0.717) is 0 Å². The lowest BCUT2D eigenvalue weighted by Crippen LogP contribution is -2.24. The maximum atomic E-state index is 4.93. The van der Waals surface area contributed by atoms with E-state index in [1.807, 2.05) is 0 Å². The van der Waals surface area contributed by atoms with E-state index < -0.39 is 0 Å². The van der Waals surface area contributed by atoms with Gasteiger partial charge in [-0.3, -0.25) is 0 Å². The van der Waals surface area contributed by atoms with Crippen molar-refractivity contribution in [3.05, 3.63) is 22.5 Å². The molecule has 3 heteroatoms. The summed E-state index contributed by atoms with van der Waals surface area (Å²) in [5.74, 6) is 0. The molecule has 2 aromatic rings. The van der Waals surface area contributed by atoms with Crippen molar-refractivity contribution in [2.24, 2.45) is 0 Å². The third-order valence-electron chi connectivity index (χ3n) is 3.96. The SMILES string of the molecule is Cc1nc2c(c(C(C)(C)C)nn2C(C)(C)C)c(C)c1C. The fourth-order valence-electron chi connectivity index (χ4n) is 2.55. The summed E-state index contributed by atoms with van der Waals surface area (Å²) < 4.78 is 2.09. The Morgan fingerprint density at radius 3 is 1.85 bits per heavy atom. The molecular formula is C17H27N3. The van der Waals surface area contributed by atoms with Crippen molar-refractivity contribution in [2.45, 2.75) is 73.3 Å². The predicted octanol–water partition coefficient (Wildman–Crippen LogP) is 4.41. The summed E-state index contributed by atoms with van der Waals surface area (Å²) in [7, 11) is 0. The summed E-state index contributed by atoms with van der Waals surface area (Å²) in [6, 6.07) is 0. The minimum atomic E-state index is -0.0666. The van der Waals surface area contributed by atoms with E-state index in [0.717, 1.165) is 17.0 Å². The van der Waals surface area contributed by atoms with E-state index in [4.69, 9.17) is 10.1 Å². The monoisotopic (exact) mass is 273 g/mol. The molecule has 0 spiro atoms. The van der Waals surface area contributed by atoms with Gasteiger partial charge in [-0.25, -0.2) is 9.67 Å². The number of hydrogen-bond donors (Lipinski definition) is 0. The number of fused-ring (bicyclic) bond motifs is 1. The van der Waals surface area contributed by atoms with Crippen molar-refractivity contribution in [2.75, 3.05) is 0 Å². The van der Waals surface area contributed by atoms with Gasteiger partial charge in [-0.2, -0.15) is 5.10 Å². The highest BCUT2D eigenvalue weighted by Gasteiger charge is 2.29.